The van der Waals surface area contributed by atoms with Gasteiger partial charge in [0.1, 0.15) is 0 Å². The van der Waals surface area contributed by atoms with E-state index in [1.165, 1.54) is 6.07 Å². The fourth-order valence-corrected chi connectivity index (χ4v) is 2.83. The number of benzene rings is 1. The van der Waals surface area contributed by atoms with E-state index in [1.54, 1.807) is 11.0 Å². The van der Waals surface area contributed by atoms with Crippen LogP contribution in [0.4, 0.5) is 13.2 Å². The molecule has 0 saturated carbocycles. The zero-order valence-electron chi connectivity index (χ0n) is 10.6. The first kappa shape index (κ1) is 17.3. The molecule has 1 aromatic carbocycles. The Morgan fingerprint density at radius 2 is 2.05 bits per heavy atom. The van der Waals surface area contributed by atoms with Crippen LogP contribution in [-0.2, 0) is 21.0 Å². The molecule has 0 aliphatic carbocycles. The van der Waals surface area contributed by atoms with E-state index in [1.807, 2.05) is 0 Å². The number of hydrogen-bond acceptors (Lipinski definition) is 5. The van der Waals surface area contributed by atoms with Gasteiger partial charge in [-0.15, -0.1) is 0 Å². The molecule has 0 aliphatic rings. The van der Waals surface area contributed by atoms with Gasteiger partial charge in [-0.3, -0.25) is 4.79 Å². The second kappa shape index (κ2) is 6.36. The van der Waals surface area contributed by atoms with E-state index in [-0.39, 0.29) is 5.75 Å². The molecule has 0 aliphatic heterocycles. The summed E-state index contributed by atoms with van der Waals surface area (Å²) in [5.74, 6) is -0.998. The predicted octanol–water partition coefficient (Wildman–Crippen LogP) is 1.74. The van der Waals surface area contributed by atoms with Crippen LogP contribution in [0.15, 0.2) is 23.1 Å². The van der Waals surface area contributed by atoms with E-state index < -0.39 is 38.1 Å². The van der Waals surface area contributed by atoms with Gasteiger partial charge in [0.2, 0.25) is 5.91 Å². The highest BCUT2D eigenvalue weighted by molar-refractivity contribution is 7.99. The molecule has 0 fully saturated rings. The quantitative estimate of drug-likeness (QED) is 0.904. The van der Waals surface area contributed by atoms with Gasteiger partial charge < -0.3 is 0 Å². The Hall–Kier alpha value is -1.73. The molecule has 114 valence electrons. The topological polar surface area (TPSA) is 87.0 Å². The molecule has 5 nitrogen and oxygen atoms in total. The van der Waals surface area contributed by atoms with Crippen LogP contribution < -0.4 is 4.72 Å². The van der Waals surface area contributed by atoms with Crippen molar-refractivity contribution >= 4 is 27.7 Å². The fraction of sp³-hybridized carbons (Fsp3) is 0.273. The van der Waals surface area contributed by atoms with Crippen LogP contribution in [0.2, 0.25) is 0 Å². The largest absolute Gasteiger partial charge is 0.417 e. The zero-order valence-corrected chi connectivity index (χ0v) is 12.2. The van der Waals surface area contributed by atoms with Crippen LogP contribution in [0.1, 0.15) is 11.1 Å². The van der Waals surface area contributed by atoms with Crippen molar-refractivity contribution < 1.29 is 26.4 Å². The van der Waals surface area contributed by atoms with Gasteiger partial charge in [-0.2, -0.15) is 30.2 Å². The lowest BCUT2D eigenvalue weighted by Crippen LogP contribution is -2.32. The number of carbonyl (C=O) groups is 1. The summed E-state index contributed by atoms with van der Waals surface area (Å²) in [5, 5.41) is 8.62. The van der Waals surface area contributed by atoms with Crippen molar-refractivity contribution in [3.63, 3.8) is 0 Å². The van der Waals surface area contributed by atoms with E-state index in [4.69, 9.17) is 5.26 Å². The first-order valence-electron chi connectivity index (χ1n) is 5.27. The van der Waals surface area contributed by atoms with Crippen molar-refractivity contribution in [2.45, 2.75) is 11.1 Å². The third-order valence-corrected chi connectivity index (χ3v) is 4.17. The fourth-order valence-electron chi connectivity index (χ4n) is 1.39. The molecular formula is C11H9F3N2O3S2. The second-order valence-corrected chi connectivity index (χ2v) is 6.33. The number of carbonyl (C=O) groups excluding carboxylic acids is 1. The minimum absolute atomic E-state index is 0.151. The van der Waals surface area contributed by atoms with Crippen molar-refractivity contribution in [3.05, 3.63) is 29.3 Å². The Morgan fingerprint density at radius 1 is 1.43 bits per heavy atom. The molecule has 0 aromatic heterocycles. The summed E-state index contributed by atoms with van der Waals surface area (Å²) in [7, 11) is -4.41. The smallest absolute Gasteiger partial charge is 0.273 e. The molecule has 1 N–H and O–H groups in total. The van der Waals surface area contributed by atoms with Crippen LogP contribution >= 0.6 is 11.8 Å². The van der Waals surface area contributed by atoms with E-state index in [0.29, 0.717) is 6.07 Å². The maximum absolute atomic E-state index is 12.8. The molecule has 0 heterocycles. The molecule has 21 heavy (non-hydrogen) atoms. The maximum atomic E-state index is 12.8. The standard InChI is InChI=1S/C11H9F3N2O3S2/c1-20-6-10(17)16-21(18,19)8-3-2-7(5-15)9(4-8)11(12,13)14/h2-4H,6H2,1H3,(H,16,17). The molecule has 0 atom stereocenters. The highest BCUT2D eigenvalue weighted by Gasteiger charge is 2.35. The van der Waals surface area contributed by atoms with Crippen LogP contribution in [0.5, 0.6) is 0 Å². The maximum Gasteiger partial charge on any atom is 0.417 e. The average molecular weight is 338 g/mol. The van der Waals surface area contributed by atoms with Crippen LogP contribution in [0.25, 0.3) is 0 Å². The molecule has 1 aromatic rings. The number of nitriles is 1. The molecule has 1 rings (SSSR count). The second-order valence-electron chi connectivity index (χ2n) is 3.78. The van der Waals surface area contributed by atoms with Crippen LogP contribution in [-0.4, -0.2) is 26.3 Å². The monoisotopic (exact) mass is 338 g/mol. The van der Waals surface area contributed by atoms with Crippen LogP contribution in [0, 0.1) is 11.3 Å². The van der Waals surface area contributed by atoms with Crippen molar-refractivity contribution in [1.29, 1.82) is 5.26 Å². The number of sulfonamides is 1. The Bertz CT molecular complexity index is 694. The molecule has 0 spiro atoms. The molecular weight excluding hydrogens is 329 g/mol. The number of nitrogens with zero attached hydrogens (tertiary/aromatic N) is 1. The normalized spacial score (nSPS) is 11.8. The lowest BCUT2D eigenvalue weighted by Gasteiger charge is -2.11. The highest BCUT2D eigenvalue weighted by atomic mass is 32.2. The number of rotatable bonds is 4. The summed E-state index contributed by atoms with van der Waals surface area (Å²) in [6.07, 6.45) is -3.31. The minimum Gasteiger partial charge on any atom is -0.273 e. The number of halogens is 3. The zero-order chi connectivity index (χ0) is 16.3. The van der Waals surface area contributed by atoms with E-state index in [2.05, 4.69) is 0 Å². The van der Waals surface area contributed by atoms with Crippen LogP contribution in [0.3, 0.4) is 0 Å². The number of alkyl halides is 3. The van der Waals surface area contributed by atoms with Gasteiger partial charge in [0.25, 0.3) is 10.0 Å². The predicted molar refractivity (Wildman–Crippen MR) is 69.9 cm³/mol. The SMILES string of the molecule is CSCC(=O)NS(=O)(=O)c1ccc(C#N)c(C(F)(F)F)c1. The number of hydrogen-bond donors (Lipinski definition) is 1. The first-order chi connectivity index (χ1) is 9.61. The Labute approximate surface area is 123 Å². The van der Waals surface area contributed by atoms with E-state index in [9.17, 15) is 26.4 Å². The summed E-state index contributed by atoms with van der Waals surface area (Å²) in [5.41, 5.74) is -2.07. The molecule has 0 saturated heterocycles. The van der Waals surface area contributed by atoms with Crippen molar-refractivity contribution in [1.82, 2.24) is 4.72 Å². The van der Waals surface area contributed by atoms with Crippen molar-refractivity contribution in [2.75, 3.05) is 12.0 Å². The van der Waals surface area contributed by atoms with Gasteiger partial charge in [-0.1, -0.05) is 0 Å². The lowest BCUT2D eigenvalue weighted by atomic mass is 10.1. The van der Waals surface area contributed by atoms with Gasteiger partial charge in [-0.05, 0) is 24.5 Å². The van der Waals surface area contributed by atoms with E-state index in [0.717, 1.165) is 23.9 Å². The van der Waals surface area contributed by atoms with Gasteiger partial charge >= 0.3 is 6.18 Å². The highest BCUT2D eigenvalue weighted by Crippen LogP contribution is 2.33. The number of amides is 1. The summed E-state index contributed by atoms with van der Waals surface area (Å²) in [6, 6.07) is 3.25. The molecule has 10 heteroatoms. The number of thioether (sulfide) groups is 1. The summed E-state index contributed by atoms with van der Waals surface area (Å²) in [4.78, 5) is 10.5. The minimum atomic E-state index is -4.88. The summed E-state index contributed by atoms with van der Waals surface area (Å²) in [6.45, 7) is 0. The number of nitrogens with one attached hydrogen (secondary N) is 1. The summed E-state index contributed by atoms with van der Waals surface area (Å²) >= 11 is 1.06. The Kier molecular flexibility index (Phi) is 5.25. The third kappa shape index (κ3) is 4.37. The summed E-state index contributed by atoms with van der Waals surface area (Å²) < 4.78 is 63.5. The van der Waals surface area contributed by atoms with Crippen molar-refractivity contribution in [2.24, 2.45) is 0 Å². The Morgan fingerprint density at radius 3 is 2.52 bits per heavy atom. The van der Waals surface area contributed by atoms with E-state index >= 15 is 0 Å². The molecule has 0 radical (unpaired) electrons. The Balaban J connectivity index is 3.27. The average Bonchev–Trinajstić information content (AvgIpc) is 2.36. The third-order valence-electron chi connectivity index (χ3n) is 2.25. The van der Waals surface area contributed by atoms with Gasteiger partial charge in [-0.25, -0.2) is 13.1 Å². The lowest BCUT2D eigenvalue weighted by molar-refractivity contribution is -0.137. The first-order valence-corrected chi connectivity index (χ1v) is 8.15. The van der Waals surface area contributed by atoms with Gasteiger partial charge in [0.15, 0.2) is 0 Å². The molecule has 1 amide bonds. The molecule has 0 bridgehead atoms. The molecule has 0 unspecified atom stereocenters. The van der Waals surface area contributed by atoms with Gasteiger partial charge in [0, 0.05) is 0 Å². The van der Waals surface area contributed by atoms with Gasteiger partial charge in [0.05, 0.1) is 27.8 Å². The van der Waals surface area contributed by atoms with Crippen molar-refractivity contribution in [3.8, 4) is 6.07 Å².